The molecule has 0 aliphatic heterocycles. The SMILES string of the molecule is CC(O)CN(Cc1cnn(C)c1)C1CCCCC1. The highest BCUT2D eigenvalue weighted by atomic mass is 16.3. The van der Waals surface area contributed by atoms with E-state index in [0.717, 1.165) is 13.1 Å². The summed E-state index contributed by atoms with van der Waals surface area (Å²) in [5.74, 6) is 0. The number of aliphatic hydroxyl groups excluding tert-OH is 1. The van der Waals surface area contributed by atoms with Crippen LogP contribution in [-0.2, 0) is 13.6 Å². The first-order valence-corrected chi connectivity index (χ1v) is 7.05. The minimum atomic E-state index is -0.261. The fraction of sp³-hybridized carbons (Fsp3) is 0.786. The first-order chi connectivity index (χ1) is 8.65. The van der Waals surface area contributed by atoms with Crippen LogP contribution in [0.1, 0.15) is 44.6 Å². The molecule has 0 bridgehead atoms. The van der Waals surface area contributed by atoms with Crippen molar-refractivity contribution < 1.29 is 5.11 Å². The van der Waals surface area contributed by atoms with E-state index in [1.165, 1.54) is 37.7 Å². The molecule has 1 aliphatic carbocycles. The number of aliphatic hydroxyl groups is 1. The molecule has 1 fully saturated rings. The lowest BCUT2D eigenvalue weighted by atomic mass is 9.93. The molecule has 1 aliphatic rings. The standard InChI is InChI=1S/C14H25N3O/c1-12(18)9-17(14-6-4-3-5-7-14)11-13-8-15-16(2)10-13/h8,10,12,14,18H,3-7,9,11H2,1-2H3. The van der Waals surface area contributed by atoms with Gasteiger partial charge in [0.05, 0.1) is 12.3 Å². The van der Waals surface area contributed by atoms with Gasteiger partial charge >= 0.3 is 0 Å². The van der Waals surface area contributed by atoms with Crippen molar-refractivity contribution in [2.75, 3.05) is 6.54 Å². The molecule has 4 nitrogen and oxygen atoms in total. The third kappa shape index (κ3) is 3.82. The Labute approximate surface area is 110 Å². The van der Waals surface area contributed by atoms with Gasteiger partial charge in [-0.2, -0.15) is 5.10 Å². The molecule has 102 valence electrons. The van der Waals surface area contributed by atoms with Crippen LogP contribution < -0.4 is 0 Å². The summed E-state index contributed by atoms with van der Waals surface area (Å²) in [6, 6.07) is 0.633. The van der Waals surface area contributed by atoms with Crippen LogP contribution in [0.2, 0.25) is 0 Å². The summed E-state index contributed by atoms with van der Waals surface area (Å²) in [6.45, 7) is 3.54. The summed E-state index contributed by atoms with van der Waals surface area (Å²) in [5, 5.41) is 13.9. The summed E-state index contributed by atoms with van der Waals surface area (Å²) in [5.41, 5.74) is 1.24. The molecule has 1 aromatic rings. The molecule has 0 radical (unpaired) electrons. The minimum absolute atomic E-state index is 0.261. The maximum absolute atomic E-state index is 9.67. The van der Waals surface area contributed by atoms with Gasteiger partial charge in [0.2, 0.25) is 0 Å². The van der Waals surface area contributed by atoms with E-state index in [-0.39, 0.29) is 6.10 Å². The van der Waals surface area contributed by atoms with E-state index in [2.05, 4.69) is 16.2 Å². The predicted octanol–water partition coefficient (Wildman–Crippen LogP) is 1.94. The van der Waals surface area contributed by atoms with Gasteiger partial charge in [-0.05, 0) is 19.8 Å². The normalized spacial score (nSPS) is 19.3. The fourth-order valence-corrected chi connectivity index (χ4v) is 2.92. The van der Waals surface area contributed by atoms with Crippen LogP contribution >= 0.6 is 0 Å². The molecule has 1 unspecified atom stereocenters. The lowest BCUT2D eigenvalue weighted by Crippen LogP contribution is -2.40. The summed E-state index contributed by atoms with van der Waals surface area (Å²) >= 11 is 0. The van der Waals surface area contributed by atoms with Crippen LogP contribution in [0.5, 0.6) is 0 Å². The maximum atomic E-state index is 9.67. The van der Waals surface area contributed by atoms with Crippen LogP contribution in [0, 0.1) is 0 Å². The molecule has 0 saturated heterocycles. The lowest BCUT2D eigenvalue weighted by Gasteiger charge is -2.34. The monoisotopic (exact) mass is 251 g/mol. The van der Waals surface area contributed by atoms with E-state index in [9.17, 15) is 5.11 Å². The Kier molecular flexibility index (Phi) is 4.78. The second kappa shape index (κ2) is 6.34. The Bertz CT molecular complexity index is 356. The van der Waals surface area contributed by atoms with Crippen molar-refractivity contribution in [3.05, 3.63) is 18.0 Å². The van der Waals surface area contributed by atoms with Gasteiger partial charge in [-0.3, -0.25) is 9.58 Å². The van der Waals surface area contributed by atoms with Gasteiger partial charge in [0, 0.05) is 37.9 Å². The molecule has 0 amide bonds. The number of aromatic nitrogens is 2. The van der Waals surface area contributed by atoms with Gasteiger partial charge in [-0.25, -0.2) is 0 Å². The van der Waals surface area contributed by atoms with Gasteiger partial charge in [0.1, 0.15) is 0 Å². The van der Waals surface area contributed by atoms with Crippen molar-refractivity contribution in [1.29, 1.82) is 0 Å². The van der Waals surface area contributed by atoms with Crippen LogP contribution in [0.4, 0.5) is 0 Å². The Hall–Kier alpha value is -0.870. The van der Waals surface area contributed by atoms with Gasteiger partial charge in [0.25, 0.3) is 0 Å². The smallest absolute Gasteiger partial charge is 0.0639 e. The van der Waals surface area contributed by atoms with E-state index >= 15 is 0 Å². The molecular formula is C14H25N3O. The first-order valence-electron chi connectivity index (χ1n) is 7.05. The molecule has 4 heteroatoms. The number of hydrogen-bond donors (Lipinski definition) is 1. The van der Waals surface area contributed by atoms with E-state index < -0.39 is 0 Å². The van der Waals surface area contributed by atoms with E-state index in [1.54, 1.807) is 0 Å². The van der Waals surface area contributed by atoms with Crippen molar-refractivity contribution in [3.8, 4) is 0 Å². The zero-order valence-corrected chi connectivity index (χ0v) is 11.5. The van der Waals surface area contributed by atoms with Crippen LogP contribution in [0.3, 0.4) is 0 Å². The van der Waals surface area contributed by atoms with Crippen molar-refractivity contribution >= 4 is 0 Å². The van der Waals surface area contributed by atoms with Gasteiger partial charge in [0.15, 0.2) is 0 Å². The first kappa shape index (κ1) is 13.6. The lowest BCUT2D eigenvalue weighted by molar-refractivity contribution is 0.0769. The Morgan fingerprint density at radius 1 is 1.44 bits per heavy atom. The highest BCUT2D eigenvalue weighted by Crippen LogP contribution is 2.24. The molecule has 18 heavy (non-hydrogen) atoms. The fourth-order valence-electron chi connectivity index (χ4n) is 2.92. The number of hydrogen-bond acceptors (Lipinski definition) is 3. The van der Waals surface area contributed by atoms with Crippen LogP contribution in [0.15, 0.2) is 12.4 Å². The Morgan fingerprint density at radius 2 is 2.17 bits per heavy atom. The van der Waals surface area contributed by atoms with Gasteiger partial charge < -0.3 is 5.11 Å². The predicted molar refractivity (Wildman–Crippen MR) is 72.2 cm³/mol. The third-order valence-electron chi connectivity index (χ3n) is 3.73. The van der Waals surface area contributed by atoms with Crippen molar-refractivity contribution in [2.45, 2.75) is 57.7 Å². The Balaban J connectivity index is 1.99. The second-order valence-electron chi connectivity index (χ2n) is 5.59. The second-order valence-corrected chi connectivity index (χ2v) is 5.59. The summed E-state index contributed by atoms with van der Waals surface area (Å²) in [7, 11) is 1.95. The maximum Gasteiger partial charge on any atom is 0.0639 e. The molecule has 1 saturated carbocycles. The summed E-state index contributed by atoms with van der Waals surface area (Å²) < 4.78 is 1.84. The quantitative estimate of drug-likeness (QED) is 0.869. The van der Waals surface area contributed by atoms with Crippen LogP contribution in [-0.4, -0.2) is 38.5 Å². The van der Waals surface area contributed by atoms with Crippen molar-refractivity contribution in [2.24, 2.45) is 7.05 Å². The van der Waals surface area contributed by atoms with Crippen molar-refractivity contribution in [3.63, 3.8) is 0 Å². The molecule has 1 atom stereocenters. The van der Waals surface area contributed by atoms with E-state index in [0.29, 0.717) is 6.04 Å². The summed E-state index contributed by atoms with van der Waals surface area (Å²) in [6.07, 6.45) is 10.3. The molecule has 0 aromatic carbocycles. The molecule has 1 aromatic heterocycles. The van der Waals surface area contributed by atoms with Crippen LogP contribution in [0.25, 0.3) is 0 Å². The zero-order chi connectivity index (χ0) is 13.0. The molecule has 0 spiro atoms. The average Bonchev–Trinajstić information content (AvgIpc) is 2.75. The van der Waals surface area contributed by atoms with Gasteiger partial charge in [-0.15, -0.1) is 0 Å². The Morgan fingerprint density at radius 3 is 2.72 bits per heavy atom. The van der Waals surface area contributed by atoms with E-state index in [1.807, 2.05) is 24.9 Å². The molecular weight excluding hydrogens is 226 g/mol. The highest BCUT2D eigenvalue weighted by molar-refractivity contribution is 5.04. The molecule has 1 heterocycles. The molecule has 1 N–H and O–H groups in total. The van der Waals surface area contributed by atoms with Crippen molar-refractivity contribution in [1.82, 2.24) is 14.7 Å². The topological polar surface area (TPSA) is 41.3 Å². The third-order valence-corrected chi connectivity index (χ3v) is 3.73. The minimum Gasteiger partial charge on any atom is -0.392 e. The average molecular weight is 251 g/mol. The van der Waals surface area contributed by atoms with E-state index in [4.69, 9.17) is 0 Å². The number of aryl methyl sites for hydroxylation is 1. The van der Waals surface area contributed by atoms with Gasteiger partial charge in [-0.1, -0.05) is 19.3 Å². The molecule has 2 rings (SSSR count). The summed E-state index contributed by atoms with van der Waals surface area (Å²) in [4.78, 5) is 2.43. The largest absolute Gasteiger partial charge is 0.392 e. The number of nitrogens with zero attached hydrogens (tertiary/aromatic N) is 3. The zero-order valence-electron chi connectivity index (χ0n) is 11.5. The highest BCUT2D eigenvalue weighted by Gasteiger charge is 2.22. The number of rotatable bonds is 5.